The molecule has 3 aromatic rings. The van der Waals surface area contributed by atoms with Gasteiger partial charge in [-0.05, 0) is 42.3 Å². The summed E-state index contributed by atoms with van der Waals surface area (Å²) in [5, 5.41) is 4.30. The maximum Gasteiger partial charge on any atom is 0.128 e. The standard InChI is InChI=1S/C21H20N2O/c1-17-12-13-19(15-22-23-20-10-6-3-7-11-20)21(14-17)24-16-18-8-4-2-5-9-18/h2-15,23H,16H2,1H3. The zero-order valence-corrected chi connectivity index (χ0v) is 13.6. The molecule has 0 aliphatic heterocycles. The van der Waals surface area contributed by atoms with Gasteiger partial charge in [0.2, 0.25) is 0 Å². The second-order valence-electron chi connectivity index (χ2n) is 5.55. The van der Waals surface area contributed by atoms with E-state index in [4.69, 9.17) is 4.74 Å². The Kier molecular flexibility index (Phi) is 5.25. The highest BCUT2D eigenvalue weighted by molar-refractivity contribution is 5.84. The molecule has 3 rings (SSSR count). The van der Waals surface area contributed by atoms with Crippen molar-refractivity contribution in [3.05, 3.63) is 95.6 Å². The lowest BCUT2D eigenvalue weighted by Crippen LogP contribution is -1.99. The van der Waals surface area contributed by atoms with Crippen LogP contribution in [0.1, 0.15) is 16.7 Å². The number of benzene rings is 3. The van der Waals surface area contributed by atoms with Crippen LogP contribution in [0.2, 0.25) is 0 Å². The van der Waals surface area contributed by atoms with E-state index < -0.39 is 0 Å². The highest BCUT2D eigenvalue weighted by Crippen LogP contribution is 2.20. The van der Waals surface area contributed by atoms with Gasteiger partial charge in [-0.2, -0.15) is 5.10 Å². The fraction of sp³-hybridized carbons (Fsp3) is 0.0952. The molecule has 0 saturated carbocycles. The molecule has 0 aliphatic carbocycles. The molecule has 3 heteroatoms. The van der Waals surface area contributed by atoms with E-state index in [1.54, 1.807) is 6.21 Å². The van der Waals surface area contributed by atoms with E-state index in [0.717, 1.165) is 28.1 Å². The first-order chi connectivity index (χ1) is 11.8. The third-order valence-electron chi connectivity index (χ3n) is 3.58. The molecular formula is C21H20N2O. The van der Waals surface area contributed by atoms with Crippen LogP contribution >= 0.6 is 0 Å². The summed E-state index contributed by atoms with van der Waals surface area (Å²) in [5.74, 6) is 0.831. The monoisotopic (exact) mass is 316 g/mol. The summed E-state index contributed by atoms with van der Waals surface area (Å²) in [7, 11) is 0. The molecule has 1 N–H and O–H groups in total. The van der Waals surface area contributed by atoms with Crippen molar-refractivity contribution in [3.8, 4) is 5.75 Å². The minimum Gasteiger partial charge on any atom is -0.488 e. The molecule has 0 heterocycles. The highest BCUT2D eigenvalue weighted by atomic mass is 16.5. The molecule has 0 aliphatic rings. The molecule has 120 valence electrons. The molecule has 0 radical (unpaired) electrons. The Balaban J connectivity index is 1.70. The maximum atomic E-state index is 5.99. The van der Waals surface area contributed by atoms with Crippen LogP contribution in [0.4, 0.5) is 5.69 Å². The van der Waals surface area contributed by atoms with Crippen LogP contribution in [0.3, 0.4) is 0 Å². The third-order valence-corrected chi connectivity index (χ3v) is 3.58. The second-order valence-corrected chi connectivity index (χ2v) is 5.55. The Hall–Kier alpha value is -3.07. The molecule has 0 bridgehead atoms. The Bertz CT molecular complexity index is 799. The number of ether oxygens (including phenoxy) is 1. The zero-order valence-electron chi connectivity index (χ0n) is 13.6. The molecule has 3 aromatic carbocycles. The van der Waals surface area contributed by atoms with Crippen LogP contribution in [0.5, 0.6) is 5.75 Å². The fourth-order valence-electron chi connectivity index (χ4n) is 2.30. The van der Waals surface area contributed by atoms with Crippen LogP contribution in [0.25, 0.3) is 0 Å². The van der Waals surface area contributed by atoms with Crippen LogP contribution in [0, 0.1) is 6.92 Å². The molecule has 0 spiro atoms. The summed E-state index contributed by atoms with van der Waals surface area (Å²) in [6.45, 7) is 2.59. The number of para-hydroxylation sites is 1. The SMILES string of the molecule is Cc1ccc(C=NNc2ccccc2)c(OCc2ccccc2)c1. The summed E-state index contributed by atoms with van der Waals surface area (Å²) < 4.78 is 5.99. The van der Waals surface area contributed by atoms with E-state index in [0.29, 0.717) is 6.61 Å². The molecule has 0 aromatic heterocycles. The topological polar surface area (TPSA) is 33.6 Å². The highest BCUT2D eigenvalue weighted by Gasteiger charge is 2.03. The first-order valence-corrected chi connectivity index (χ1v) is 7.93. The molecule has 0 amide bonds. The average Bonchev–Trinajstić information content (AvgIpc) is 2.63. The van der Waals surface area contributed by atoms with Crippen LogP contribution in [-0.2, 0) is 6.61 Å². The Morgan fingerprint density at radius 2 is 1.62 bits per heavy atom. The first-order valence-electron chi connectivity index (χ1n) is 7.93. The molecule has 0 unspecified atom stereocenters. The van der Waals surface area contributed by atoms with Gasteiger partial charge >= 0.3 is 0 Å². The van der Waals surface area contributed by atoms with Crippen molar-refractivity contribution >= 4 is 11.9 Å². The third kappa shape index (κ3) is 4.46. The molecule has 0 atom stereocenters. The van der Waals surface area contributed by atoms with Gasteiger partial charge < -0.3 is 4.74 Å². The Morgan fingerprint density at radius 3 is 2.38 bits per heavy atom. The van der Waals surface area contributed by atoms with Crippen molar-refractivity contribution < 1.29 is 4.74 Å². The lowest BCUT2D eigenvalue weighted by molar-refractivity contribution is 0.305. The van der Waals surface area contributed by atoms with Crippen molar-refractivity contribution in [3.63, 3.8) is 0 Å². The lowest BCUT2D eigenvalue weighted by atomic mass is 10.1. The maximum absolute atomic E-state index is 5.99. The van der Waals surface area contributed by atoms with Crippen LogP contribution in [0.15, 0.2) is 84.0 Å². The predicted molar refractivity (Wildman–Crippen MR) is 99.6 cm³/mol. The van der Waals surface area contributed by atoms with E-state index in [1.807, 2.05) is 60.7 Å². The number of nitrogens with one attached hydrogen (secondary N) is 1. The fourth-order valence-corrected chi connectivity index (χ4v) is 2.30. The van der Waals surface area contributed by atoms with Crippen LogP contribution < -0.4 is 10.2 Å². The summed E-state index contributed by atoms with van der Waals surface area (Å²) in [6.07, 6.45) is 1.78. The van der Waals surface area contributed by atoms with Gasteiger partial charge in [0.1, 0.15) is 12.4 Å². The summed E-state index contributed by atoms with van der Waals surface area (Å²) in [6, 6.07) is 26.1. The largest absolute Gasteiger partial charge is 0.488 e. The minimum absolute atomic E-state index is 0.539. The minimum atomic E-state index is 0.539. The van der Waals surface area contributed by atoms with Gasteiger partial charge in [0.25, 0.3) is 0 Å². The normalized spacial score (nSPS) is 10.7. The van der Waals surface area contributed by atoms with Crippen molar-refractivity contribution in [2.24, 2.45) is 5.10 Å². The first kappa shape index (κ1) is 15.8. The lowest BCUT2D eigenvalue weighted by Gasteiger charge is -2.10. The number of hydrogen-bond donors (Lipinski definition) is 1. The van der Waals surface area contributed by atoms with Crippen molar-refractivity contribution in [1.82, 2.24) is 0 Å². The smallest absolute Gasteiger partial charge is 0.128 e. The van der Waals surface area contributed by atoms with Crippen molar-refractivity contribution in [2.45, 2.75) is 13.5 Å². The van der Waals surface area contributed by atoms with E-state index >= 15 is 0 Å². The number of rotatable bonds is 6. The zero-order chi connectivity index (χ0) is 16.6. The summed E-state index contributed by atoms with van der Waals surface area (Å²) in [5.41, 5.74) is 7.22. The van der Waals surface area contributed by atoms with Gasteiger partial charge in [-0.25, -0.2) is 0 Å². The van der Waals surface area contributed by atoms with Crippen molar-refractivity contribution in [1.29, 1.82) is 0 Å². The van der Waals surface area contributed by atoms with Gasteiger partial charge in [-0.1, -0.05) is 54.6 Å². The quantitative estimate of drug-likeness (QED) is 0.512. The average molecular weight is 316 g/mol. The molecule has 0 saturated heterocycles. The van der Waals surface area contributed by atoms with E-state index in [-0.39, 0.29) is 0 Å². The van der Waals surface area contributed by atoms with Gasteiger partial charge in [-0.15, -0.1) is 0 Å². The summed E-state index contributed by atoms with van der Waals surface area (Å²) in [4.78, 5) is 0. The van der Waals surface area contributed by atoms with E-state index in [1.165, 1.54) is 0 Å². The number of hydrazone groups is 1. The molecule has 24 heavy (non-hydrogen) atoms. The van der Waals surface area contributed by atoms with E-state index in [2.05, 4.69) is 35.7 Å². The Morgan fingerprint density at radius 1 is 0.917 bits per heavy atom. The molecule has 0 fully saturated rings. The molecule has 3 nitrogen and oxygen atoms in total. The van der Waals surface area contributed by atoms with Crippen molar-refractivity contribution in [2.75, 3.05) is 5.43 Å². The number of anilines is 1. The van der Waals surface area contributed by atoms with Gasteiger partial charge in [-0.3, -0.25) is 5.43 Å². The molecular weight excluding hydrogens is 296 g/mol. The van der Waals surface area contributed by atoms with Gasteiger partial charge in [0, 0.05) is 5.56 Å². The summed E-state index contributed by atoms with van der Waals surface area (Å²) >= 11 is 0. The predicted octanol–water partition coefficient (Wildman–Crippen LogP) is 5.02. The van der Waals surface area contributed by atoms with E-state index in [9.17, 15) is 0 Å². The second kappa shape index (κ2) is 7.97. The van der Waals surface area contributed by atoms with Gasteiger partial charge in [0.15, 0.2) is 0 Å². The van der Waals surface area contributed by atoms with Crippen LogP contribution in [-0.4, -0.2) is 6.21 Å². The number of hydrogen-bond acceptors (Lipinski definition) is 3. The Labute approximate surface area is 142 Å². The number of nitrogens with zero attached hydrogens (tertiary/aromatic N) is 1. The number of aryl methyl sites for hydroxylation is 1. The van der Waals surface area contributed by atoms with Gasteiger partial charge in [0.05, 0.1) is 11.9 Å².